The Bertz CT molecular complexity index is 498. The van der Waals surface area contributed by atoms with Gasteiger partial charge in [-0.25, -0.2) is 0 Å². The topological polar surface area (TPSA) is 61.8 Å². The number of para-hydroxylation sites is 2. The van der Waals surface area contributed by atoms with Gasteiger partial charge in [0.25, 0.3) is 0 Å². The molecular weight excluding hydrogens is 308 g/mol. The van der Waals surface area contributed by atoms with Gasteiger partial charge in [0.1, 0.15) is 0 Å². The summed E-state index contributed by atoms with van der Waals surface area (Å²) in [5.74, 6) is 0.529. The normalized spacial score (nSPS) is 10.2. The summed E-state index contributed by atoms with van der Waals surface area (Å²) < 4.78 is 15.6. The second-order valence-electron chi connectivity index (χ2n) is 5.61. The number of hydrogen-bond acceptors (Lipinski definition) is 5. The summed E-state index contributed by atoms with van der Waals surface area (Å²) in [6, 6.07) is 7.05. The predicted molar refractivity (Wildman–Crippen MR) is 92.2 cm³/mol. The average molecular weight is 336 g/mol. The zero-order chi connectivity index (χ0) is 17.6. The molecule has 1 aromatic rings. The highest BCUT2D eigenvalue weighted by Gasteiger charge is 2.09. The first-order valence-electron chi connectivity index (χ1n) is 8.66. The van der Waals surface area contributed by atoms with E-state index < -0.39 is 0 Å². The minimum Gasteiger partial charge on any atom is -0.493 e. The van der Waals surface area contributed by atoms with Crippen LogP contribution in [0, 0.1) is 0 Å². The fourth-order valence-corrected chi connectivity index (χ4v) is 2.20. The molecule has 0 unspecified atom stereocenters. The molecule has 0 aliphatic rings. The van der Waals surface area contributed by atoms with Crippen LogP contribution in [-0.4, -0.2) is 25.7 Å². The molecule has 0 aliphatic heterocycles. The summed E-state index contributed by atoms with van der Waals surface area (Å²) in [6.07, 6.45) is 6.08. The van der Waals surface area contributed by atoms with Gasteiger partial charge < -0.3 is 14.2 Å². The molecule has 134 valence electrons. The number of methoxy groups -OCH3 is 1. The van der Waals surface area contributed by atoms with E-state index in [1.165, 1.54) is 7.11 Å². The van der Waals surface area contributed by atoms with Crippen molar-refractivity contribution in [1.29, 1.82) is 0 Å². The monoisotopic (exact) mass is 336 g/mol. The van der Waals surface area contributed by atoms with Crippen LogP contribution in [0.2, 0.25) is 0 Å². The van der Waals surface area contributed by atoms with Crippen molar-refractivity contribution in [2.75, 3.05) is 13.7 Å². The molecule has 5 heteroatoms. The Morgan fingerprint density at radius 3 is 2.21 bits per heavy atom. The lowest BCUT2D eigenvalue weighted by Crippen LogP contribution is -2.09. The van der Waals surface area contributed by atoms with Gasteiger partial charge in [0, 0.05) is 12.8 Å². The minimum absolute atomic E-state index is 0.150. The molecule has 0 heterocycles. The van der Waals surface area contributed by atoms with Crippen molar-refractivity contribution in [3.05, 3.63) is 24.3 Å². The maximum atomic E-state index is 11.8. The van der Waals surface area contributed by atoms with Crippen LogP contribution in [0.5, 0.6) is 11.5 Å². The number of carbonyl (C=O) groups excluding carboxylic acids is 2. The lowest BCUT2D eigenvalue weighted by atomic mass is 10.1. The molecule has 0 saturated heterocycles. The van der Waals surface area contributed by atoms with Crippen LogP contribution in [0.1, 0.15) is 58.3 Å². The van der Waals surface area contributed by atoms with Gasteiger partial charge >= 0.3 is 11.9 Å². The number of unbranched alkanes of at least 4 members (excludes halogenated alkanes) is 4. The van der Waals surface area contributed by atoms with Gasteiger partial charge in [0.15, 0.2) is 11.5 Å². The Morgan fingerprint density at radius 1 is 0.875 bits per heavy atom. The zero-order valence-electron chi connectivity index (χ0n) is 14.7. The van der Waals surface area contributed by atoms with Crippen LogP contribution in [0.25, 0.3) is 0 Å². The third kappa shape index (κ3) is 8.56. The number of esters is 2. The molecule has 0 aliphatic carbocycles. The van der Waals surface area contributed by atoms with Crippen molar-refractivity contribution in [2.24, 2.45) is 0 Å². The smallest absolute Gasteiger partial charge is 0.311 e. The standard InChI is InChI=1S/C19H28O5/c1-3-4-10-15-23-18(20)13-6-5-7-14-19(21)24-17-12-9-8-11-16(17)22-2/h8-9,11-12H,3-7,10,13-15H2,1-2H3. The highest BCUT2D eigenvalue weighted by atomic mass is 16.6. The van der Waals surface area contributed by atoms with Gasteiger partial charge in [-0.2, -0.15) is 0 Å². The van der Waals surface area contributed by atoms with Crippen molar-refractivity contribution in [3.63, 3.8) is 0 Å². The molecule has 1 rings (SSSR count). The van der Waals surface area contributed by atoms with E-state index in [2.05, 4.69) is 6.92 Å². The molecule has 0 bridgehead atoms. The molecule has 0 aromatic heterocycles. The summed E-state index contributed by atoms with van der Waals surface area (Å²) in [5.41, 5.74) is 0. The SMILES string of the molecule is CCCCCOC(=O)CCCCCC(=O)Oc1ccccc1OC. The fourth-order valence-electron chi connectivity index (χ4n) is 2.20. The number of carbonyl (C=O) groups is 2. The number of hydrogen-bond donors (Lipinski definition) is 0. The third-order valence-electron chi connectivity index (χ3n) is 3.57. The highest BCUT2D eigenvalue weighted by Crippen LogP contribution is 2.26. The summed E-state index contributed by atoms with van der Waals surface area (Å²) in [7, 11) is 1.54. The molecule has 0 atom stereocenters. The zero-order valence-corrected chi connectivity index (χ0v) is 14.7. The van der Waals surface area contributed by atoms with E-state index in [4.69, 9.17) is 14.2 Å². The van der Waals surface area contributed by atoms with Gasteiger partial charge in [-0.3, -0.25) is 9.59 Å². The van der Waals surface area contributed by atoms with Gasteiger partial charge in [-0.15, -0.1) is 0 Å². The lowest BCUT2D eigenvalue weighted by molar-refractivity contribution is -0.143. The third-order valence-corrected chi connectivity index (χ3v) is 3.57. The first-order chi connectivity index (χ1) is 11.7. The Hall–Kier alpha value is -2.04. The molecule has 0 radical (unpaired) electrons. The van der Waals surface area contributed by atoms with Gasteiger partial charge in [-0.1, -0.05) is 38.3 Å². The number of rotatable bonds is 12. The molecule has 1 aromatic carbocycles. The fraction of sp³-hybridized carbons (Fsp3) is 0.579. The van der Waals surface area contributed by atoms with E-state index in [-0.39, 0.29) is 11.9 Å². The second-order valence-corrected chi connectivity index (χ2v) is 5.61. The lowest BCUT2D eigenvalue weighted by Gasteiger charge is -2.08. The summed E-state index contributed by atoms with van der Waals surface area (Å²) in [6.45, 7) is 2.62. The summed E-state index contributed by atoms with van der Waals surface area (Å²) >= 11 is 0. The van der Waals surface area contributed by atoms with E-state index in [0.717, 1.165) is 32.1 Å². The Balaban J connectivity index is 2.10. The van der Waals surface area contributed by atoms with Crippen molar-refractivity contribution in [2.45, 2.75) is 58.3 Å². The Morgan fingerprint density at radius 2 is 1.54 bits per heavy atom. The number of benzene rings is 1. The van der Waals surface area contributed by atoms with Gasteiger partial charge in [0.2, 0.25) is 0 Å². The van der Waals surface area contributed by atoms with E-state index >= 15 is 0 Å². The van der Waals surface area contributed by atoms with Crippen LogP contribution in [0.4, 0.5) is 0 Å². The minimum atomic E-state index is -0.290. The summed E-state index contributed by atoms with van der Waals surface area (Å²) in [5, 5.41) is 0. The molecule has 0 amide bonds. The molecule has 5 nitrogen and oxygen atoms in total. The maximum absolute atomic E-state index is 11.8. The van der Waals surface area contributed by atoms with Gasteiger partial charge in [0.05, 0.1) is 13.7 Å². The molecule has 0 saturated carbocycles. The largest absolute Gasteiger partial charge is 0.493 e. The van der Waals surface area contributed by atoms with Crippen LogP contribution >= 0.6 is 0 Å². The van der Waals surface area contributed by atoms with Crippen LogP contribution in [0.15, 0.2) is 24.3 Å². The Kier molecular flexibility index (Phi) is 10.3. The van der Waals surface area contributed by atoms with Crippen molar-refractivity contribution < 1.29 is 23.8 Å². The van der Waals surface area contributed by atoms with Gasteiger partial charge in [-0.05, 0) is 31.4 Å². The van der Waals surface area contributed by atoms with Crippen molar-refractivity contribution >= 4 is 11.9 Å². The molecule has 0 fully saturated rings. The molecule has 24 heavy (non-hydrogen) atoms. The van der Waals surface area contributed by atoms with E-state index in [0.29, 0.717) is 37.4 Å². The van der Waals surface area contributed by atoms with E-state index in [9.17, 15) is 9.59 Å². The molecule has 0 spiro atoms. The average Bonchev–Trinajstić information content (AvgIpc) is 2.59. The van der Waals surface area contributed by atoms with E-state index in [1.807, 2.05) is 6.07 Å². The summed E-state index contributed by atoms with van der Waals surface area (Å²) in [4.78, 5) is 23.3. The van der Waals surface area contributed by atoms with Crippen molar-refractivity contribution in [3.8, 4) is 11.5 Å². The second kappa shape index (κ2) is 12.4. The van der Waals surface area contributed by atoms with Crippen LogP contribution < -0.4 is 9.47 Å². The Labute approximate surface area is 144 Å². The maximum Gasteiger partial charge on any atom is 0.311 e. The quantitative estimate of drug-likeness (QED) is 0.324. The first kappa shape index (κ1) is 20.0. The predicted octanol–water partition coefficient (Wildman–Crippen LogP) is 4.28. The van der Waals surface area contributed by atoms with Crippen LogP contribution in [0.3, 0.4) is 0 Å². The van der Waals surface area contributed by atoms with Crippen LogP contribution in [-0.2, 0) is 14.3 Å². The number of ether oxygens (including phenoxy) is 3. The van der Waals surface area contributed by atoms with Crippen molar-refractivity contribution in [1.82, 2.24) is 0 Å². The highest BCUT2D eigenvalue weighted by molar-refractivity contribution is 5.73. The molecular formula is C19H28O5. The molecule has 0 N–H and O–H groups in total. The van der Waals surface area contributed by atoms with E-state index in [1.54, 1.807) is 18.2 Å². The first-order valence-corrected chi connectivity index (χ1v) is 8.66.